The molecule has 0 aliphatic carbocycles. The van der Waals surface area contributed by atoms with E-state index in [1.54, 1.807) is 0 Å². The molecule has 24 heavy (non-hydrogen) atoms. The maximum absolute atomic E-state index is 5.84. The molecule has 0 saturated carbocycles. The average molecular weight is 324 g/mol. The van der Waals surface area contributed by atoms with Crippen LogP contribution in [0.3, 0.4) is 0 Å². The lowest BCUT2D eigenvalue weighted by atomic mass is 9.93. The summed E-state index contributed by atoms with van der Waals surface area (Å²) in [6.07, 6.45) is 14.5. The summed E-state index contributed by atoms with van der Waals surface area (Å²) in [6.45, 7) is 14.3. The molecule has 0 spiro atoms. The number of hydrogen-bond acceptors (Lipinski definition) is 1. The molecule has 1 heteroatoms. The number of nitrogens with two attached hydrogens (primary N) is 1. The van der Waals surface area contributed by atoms with Crippen molar-refractivity contribution in [3.63, 3.8) is 0 Å². The molecule has 2 N–H and O–H groups in total. The maximum atomic E-state index is 5.84. The van der Waals surface area contributed by atoms with Crippen LogP contribution in [-0.4, -0.2) is 0 Å². The number of hydrogen-bond donors (Lipinski definition) is 1. The second-order valence-electron chi connectivity index (χ2n) is 6.45. The van der Waals surface area contributed by atoms with E-state index in [1.165, 1.54) is 36.8 Å². The Morgan fingerprint density at radius 3 is 2.54 bits per heavy atom. The zero-order chi connectivity index (χ0) is 17.9. The van der Waals surface area contributed by atoms with Gasteiger partial charge < -0.3 is 5.73 Å². The normalized spacial score (nSPS) is 13.2. The Hall–Kier alpha value is -2.02. The lowest BCUT2D eigenvalue weighted by molar-refractivity contribution is 0.436. The first-order chi connectivity index (χ1) is 11.5. The quantitative estimate of drug-likeness (QED) is 0.479. The Morgan fingerprint density at radius 2 is 2.00 bits per heavy atom. The van der Waals surface area contributed by atoms with Crippen LogP contribution in [0.1, 0.15) is 62.6 Å². The Kier molecular flexibility index (Phi) is 8.93. The molecule has 0 radical (unpaired) electrons. The second-order valence-corrected chi connectivity index (χ2v) is 6.45. The van der Waals surface area contributed by atoms with Crippen molar-refractivity contribution < 1.29 is 0 Å². The molecule has 0 aromatic heterocycles. The zero-order valence-electron chi connectivity index (χ0n) is 15.6. The van der Waals surface area contributed by atoms with Crippen LogP contribution in [0.25, 0.3) is 11.3 Å². The van der Waals surface area contributed by atoms with E-state index in [2.05, 4.69) is 64.3 Å². The molecular weight excluding hydrogens is 290 g/mol. The van der Waals surface area contributed by atoms with Gasteiger partial charge in [-0.15, -0.1) is 0 Å². The Bertz CT molecular complexity index is 604. The molecule has 1 rings (SSSR count). The summed E-state index contributed by atoms with van der Waals surface area (Å²) in [7, 11) is 0. The molecule has 1 aromatic carbocycles. The fourth-order valence-electron chi connectivity index (χ4n) is 3.09. The minimum Gasteiger partial charge on any atom is -0.399 e. The number of benzene rings is 1. The van der Waals surface area contributed by atoms with Gasteiger partial charge in [0.25, 0.3) is 0 Å². The summed E-state index contributed by atoms with van der Waals surface area (Å²) in [4.78, 5) is 0. The highest BCUT2D eigenvalue weighted by Crippen LogP contribution is 2.24. The molecule has 0 amide bonds. The molecule has 0 saturated heterocycles. The van der Waals surface area contributed by atoms with E-state index in [9.17, 15) is 0 Å². The average Bonchev–Trinajstić information content (AvgIpc) is 2.56. The predicted octanol–water partition coefficient (Wildman–Crippen LogP) is 6.66. The number of aryl methyl sites for hydroxylation is 1. The standard InChI is InChI=1S/C23H33N/c1-6-9-13-21(14-10-12-20(8-3)11-7-2)22-15-16-23(19(5)24)18(4)17-22/h6,9,13-17,20H,1,5,7-8,10-12,24H2,2-4H3/b13-9-,21-14+. The Morgan fingerprint density at radius 1 is 1.25 bits per heavy atom. The Balaban J connectivity index is 2.98. The molecule has 130 valence electrons. The fraction of sp³-hybridized carbons (Fsp3) is 0.391. The van der Waals surface area contributed by atoms with Crippen LogP contribution in [0, 0.1) is 12.8 Å². The van der Waals surface area contributed by atoms with Crippen LogP contribution in [0.2, 0.25) is 0 Å². The summed E-state index contributed by atoms with van der Waals surface area (Å²) in [5.41, 5.74) is 11.1. The van der Waals surface area contributed by atoms with E-state index in [1.807, 2.05) is 12.2 Å². The van der Waals surface area contributed by atoms with Crippen molar-refractivity contribution in [1.29, 1.82) is 0 Å². The van der Waals surface area contributed by atoms with Crippen LogP contribution < -0.4 is 5.73 Å². The summed E-state index contributed by atoms with van der Waals surface area (Å²) in [5.74, 6) is 0.834. The highest BCUT2D eigenvalue weighted by Gasteiger charge is 2.06. The number of rotatable bonds is 10. The summed E-state index contributed by atoms with van der Waals surface area (Å²) >= 11 is 0. The maximum Gasteiger partial charge on any atom is 0.0317 e. The molecule has 1 atom stereocenters. The van der Waals surface area contributed by atoms with Crippen LogP contribution in [0.4, 0.5) is 0 Å². The minimum atomic E-state index is 0.622. The van der Waals surface area contributed by atoms with Crippen molar-refractivity contribution in [2.75, 3.05) is 0 Å². The van der Waals surface area contributed by atoms with Crippen LogP contribution in [-0.2, 0) is 0 Å². The Labute approximate surface area is 148 Å². The SMILES string of the molecule is C=C/C=C\C(=C/CCC(CC)CCC)c1ccc(C(=C)N)c(C)c1. The third kappa shape index (κ3) is 6.23. The van der Waals surface area contributed by atoms with E-state index in [0.29, 0.717) is 5.70 Å². The van der Waals surface area contributed by atoms with Gasteiger partial charge in [0.05, 0.1) is 0 Å². The molecule has 0 heterocycles. The molecule has 0 aliphatic rings. The molecule has 1 unspecified atom stereocenters. The molecule has 0 fully saturated rings. The third-order valence-electron chi connectivity index (χ3n) is 4.53. The summed E-state index contributed by atoms with van der Waals surface area (Å²) in [6, 6.07) is 6.38. The highest BCUT2D eigenvalue weighted by molar-refractivity contribution is 5.76. The number of allylic oxidation sites excluding steroid dienone is 5. The highest BCUT2D eigenvalue weighted by atomic mass is 14.6. The molecule has 0 bridgehead atoms. The van der Waals surface area contributed by atoms with Gasteiger partial charge in [-0.2, -0.15) is 0 Å². The first-order valence-electron chi connectivity index (χ1n) is 9.08. The van der Waals surface area contributed by atoms with Gasteiger partial charge in [-0.3, -0.25) is 0 Å². The van der Waals surface area contributed by atoms with Crippen molar-refractivity contribution >= 4 is 11.3 Å². The molecule has 0 aliphatic heterocycles. The van der Waals surface area contributed by atoms with Crippen LogP contribution in [0.5, 0.6) is 0 Å². The van der Waals surface area contributed by atoms with Crippen LogP contribution >= 0.6 is 0 Å². The van der Waals surface area contributed by atoms with E-state index in [0.717, 1.165) is 23.5 Å². The first-order valence-corrected chi connectivity index (χ1v) is 9.08. The van der Waals surface area contributed by atoms with Gasteiger partial charge in [0.1, 0.15) is 0 Å². The summed E-state index contributed by atoms with van der Waals surface area (Å²) < 4.78 is 0. The minimum absolute atomic E-state index is 0.622. The predicted molar refractivity (Wildman–Crippen MR) is 110 cm³/mol. The van der Waals surface area contributed by atoms with Crippen molar-refractivity contribution in [3.05, 3.63) is 72.4 Å². The smallest absolute Gasteiger partial charge is 0.0317 e. The fourth-order valence-corrected chi connectivity index (χ4v) is 3.09. The van der Waals surface area contributed by atoms with E-state index >= 15 is 0 Å². The lowest BCUT2D eigenvalue weighted by Crippen LogP contribution is -1.98. The summed E-state index contributed by atoms with van der Waals surface area (Å²) in [5, 5.41) is 0. The second kappa shape index (κ2) is 10.7. The topological polar surface area (TPSA) is 26.0 Å². The van der Waals surface area contributed by atoms with Crippen molar-refractivity contribution in [2.45, 2.75) is 52.9 Å². The largest absolute Gasteiger partial charge is 0.399 e. The third-order valence-corrected chi connectivity index (χ3v) is 4.53. The molecular formula is C23H33N. The van der Waals surface area contributed by atoms with Crippen molar-refractivity contribution in [2.24, 2.45) is 11.7 Å². The lowest BCUT2D eigenvalue weighted by Gasteiger charge is -2.13. The first kappa shape index (κ1) is 20.0. The molecule has 1 nitrogen and oxygen atoms in total. The van der Waals surface area contributed by atoms with Gasteiger partial charge in [-0.05, 0) is 47.9 Å². The van der Waals surface area contributed by atoms with E-state index in [-0.39, 0.29) is 0 Å². The van der Waals surface area contributed by atoms with E-state index < -0.39 is 0 Å². The monoisotopic (exact) mass is 323 g/mol. The van der Waals surface area contributed by atoms with Crippen LogP contribution in [0.15, 0.2) is 55.7 Å². The van der Waals surface area contributed by atoms with Crippen molar-refractivity contribution in [1.82, 2.24) is 0 Å². The van der Waals surface area contributed by atoms with E-state index in [4.69, 9.17) is 5.73 Å². The van der Waals surface area contributed by atoms with Gasteiger partial charge in [-0.1, -0.05) is 88.8 Å². The van der Waals surface area contributed by atoms with Gasteiger partial charge in [0.2, 0.25) is 0 Å². The van der Waals surface area contributed by atoms with Gasteiger partial charge in [-0.25, -0.2) is 0 Å². The van der Waals surface area contributed by atoms with Gasteiger partial charge in [0, 0.05) is 5.70 Å². The van der Waals surface area contributed by atoms with Gasteiger partial charge >= 0.3 is 0 Å². The molecule has 1 aromatic rings. The van der Waals surface area contributed by atoms with Crippen molar-refractivity contribution in [3.8, 4) is 0 Å². The van der Waals surface area contributed by atoms with Gasteiger partial charge in [0.15, 0.2) is 0 Å². The zero-order valence-corrected chi connectivity index (χ0v) is 15.6.